The highest BCUT2D eigenvalue weighted by molar-refractivity contribution is 6.32. The van der Waals surface area contributed by atoms with Gasteiger partial charge in [-0.3, -0.25) is 4.40 Å². The number of nitrogens with zero attached hydrogens (tertiary/aromatic N) is 4. The van der Waals surface area contributed by atoms with E-state index in [1.165, 1.54) is 5.56 Å². The zero-order valence-corrected chi connectivity index (χ0v) is 10.6. The highest BCUT2D eigenvalue weighted by atomic mass is 35.5. The Balaban J connectivity index is 1.80. The van der Waals surface area contributed by atoms with Crippen LogP contribution in [0.5, 0.6) is 5.75 Å². The molecular weight excluding hydrogens is 264 g/mol. The number of ether oxygens (including phenoxy) is 1. The second-order valence-corrected chi connectivity index (χ2v) is 4.75. The maximum absolute atomic E-state index is 5.99. The summed E-state index contributed by atoms with van der Waals surface area (Å²) in [7, 11) is 0. The largest absolute Gasteiger partial charge is 0.482 e. The molecule has 1 atom stereocenters. The first-order chi connectivity index (χ1) is 9.33. The molecule has 0 saturated heterocycles. The average molecular weight is 273 g/mol. The van der Waals surface area contributed by atoms with Crippen LogP contribution in [0.4, 0.5) is 0 Å². The fourth-order valence-electron chi connectivity index (χ4n) is 2.36. The topological polar surface area (TPSA) is 52.3 Å². The number of rotatable bonds is 1. The highest BCUT2D eigenvalue weighted by Crippen LogP contribution is 2.35. The smallest absolute Gasteiger partial charge is 0.198 e. The molecule has 1 unspecified atom stereocenters. The Morgan fingerprint density at radius 3 is 3.05 bits per heavy atom. The molecule has 0 saturated carbocycles. The molecule has 19 heavy (non-hydrogen) atoms. The van der Waals surface area contributed by atoms with Crippen LogP contribution in [0.2, 0.25) is 5.15 Å². The Bertz CT molecular complexity index is 745. The Labute approximate surface area is 113 Å². The van der Waals surface area contributed by atoms with Crippen molar-refractivity contribution in [3.05, 3.63) is 53.2 Å². The third-order valence-corrected chi connectivity index (χ3v) is 3.51. The first-order valence-electron chi connectivity index (χ1n) is 5.92. The summed E-state index contributed by atoms with van der Waals surface area (Å²) in [5, 5.41) is 8.59. The number of fused-ring (bicyclic) bond motifs is 2. The lowest BCUT2D eigenvalue weighted by Crippen LogP contribution is -2.08. The van der Waals surface area contributed by atoms with Gasteiger partial charge in [-0.1, -0.05) is 29.8 Å². The summed E-state index contributed by atoms with van der Waals surface area (Å²) in [5.74, 6) is 1.65. The first kappa shape index (κ1) is 10.8. The van der Waals surface area contributed by atoms with Crippen molar-refractivity contribution in [1.29, 1.82) is 0 Å². The Morgan fingerprint density at radius 1 is 1.26 bits per heavy atom. The van der Waals surface area contributed by atoms with Crippen molar-refractivity contribution in [2.75, 3.05) is 0 Å². The number of para-hydroxylation sites is 1. The van der Waals surface area contributed by atoms with Gasteiger partial charge in [0.15, 0.2) is 22.7 Å². The number of aromatic nitrogens is 4. The minimum Gasteiger partial charge on any atom is -0.482 e. The van der Waals surface area contributed by atoms with Crippen molar-refractivity contribution >= 4 is 17.2 Å². The molecule has 1 aliphatic rings. The molecule has 6 heteroatoms. The summed E-state index contributed by atoms with van der Waals surface area (Å²) >= 11 is 5.99. The number of benzene rings is 1. The fourth-order valence-corrected chi connectivity index (χ4v) is 2.55. The fraction of sp³-hybridized carbons (Fsp3) is 0.154. The van der Waals surface area contributed by atoms with Crippen LogP contribution in [0.1, 0.15) is 17.5 Å². The van der Waals surface area contributed by atoms with Crippen LogP contribution < -0.4 is 4.74 Å². The molecule has 0 radical (unpaired) electrons. The number of halogens is 1. The van der Waals surface area contributed by atoms with E-state index in [-0.39, 0.29) is 6.10 Å². The monoisotopic (exact) mass is 272 g/mol. The summed E-state index contributed by atoms with van der Waals surface area (Å²) < 4.78 is 7.74. The van der Waals surface area contributed by atoms with Gasteiger partial charge in [0.2, 0.25) is 0 Å². The van der Waals surface area contributed by atoms with Gasteiger partial charge in [-0.25, -0.2) is 4.98 Å². The Kier molecular flexibility index (Phi) is 2.22. The molecule has 0 spiro atoms. The molecule has 1 aliphatic heterocycles. The van der Waals surface area contributed by atoms with Gasteiger partial charge in [-0.05, 0) is 11.6 Å². The molecule has 0 aliphatic carbocycles. The quantitative estimate of drug-likeness (QED) is 0.683. The molecule has 5 nitrogen and oxygen atoms in total. The van der Waals surface area contributed by atoms with Crippen LogP contribution in [0, 0.1) is 0 Å². The van der Waals surface area contributed by atoms with Gasteiger partial charge in [0.25, 0.3) is 0 Å². The molecule has 1 aromatic carbocycles. The lowest BCUT2D eigenvalue weighted by atomic mass is 10.1. The maximum Gasteiger partial charge on any atom is 0.198 e. The predicted molar refractivity (Wildman–Crippen MR) is 69.3 cm³/mol. The molecule has 0 bridgehead atoms. The van der Waals surface area contributed by atoms with E-state index < -0.39 is 0 Å². The standard InChI is InChI=1S/C13H9ClN4O/c14-11-13-17-16-12(18(13)6-5-15-11)10-7-8-3-1-2-4-9(8)19-10/h1-6,10H,7H2. The van der Waals surface area contributed by atoms with Crippen LogP contribution in [0.15, 0.2) is 36.7 Å². The van der Waals surface area contributed by atoms with Crippen molar-refractivity contribution in [3.8, 4) is 5.75 Å². The lowest BCUT2D eigenvalue weighted by Gasteiger charge is -2.08. The van der Waals surface area contributed by atoms with Gasteiger partial charge in [-0.15, -0.1) is 10.2 Å². The van der Waals surface area contributed by atoms with Crippen LogP contribution in [0.25, 0.3) is 5.65 Å². The average Bonchev–Trinajstić information content (AvgIpc) is 3.02. The van der Waals surface area contributed by atoms with Gasteiger partial charge in [-0.2, -0.15) is 0 Å². The summed E-state index contributed by atoms with van der Waals surface area (Å²) in [5.41, 5.74) is 1.74. The summed E-state index contributed by atoms with van der Waals surface area (Å²) in [6, 6.07) is 8.00. The summed E-state index contributed by atoms with van der Waals surface area (Å²) in [6.07, 6.45) is 4.08. The summed E-state index contributed by atoms with van der Waals surface area (Å²) in [4.78, 5) is 3.99. The molecule has 94 valence electrons. The van der Waals surface area contributed by atoms with Crippen LogP contribution >= 0.6 is 11.6 Å². The van der Waals surface area contributed by atoms with Crippen molar-refractivity contribution in [2.45, 2.75) is 12.5 Å². The molecular formula is C13H9ClN4O. The van der Waals surface area contributed by atoms with Crippen molar-refractivity contribution < 1.29 is 4.74 Å². The number of hydrogen-bond donors (Lipinski definition) is 0. The zero-order chi connectivity index (χ0) is 12.8. The normalized spacial score (nSPS) is 17.4. The molecule has 0 N–H and O–H groups in total. The second-order valence-electron chi connectivity index (χ2n) is 4.39. The Hall–Kier alpha value is -2.14. The van der Waals surface area contributed by atoms with Gasteiger partial charge in [0.05, 0.1) is 0 Å². The summed E-state index contributed by atoms with van der Waals surface area (Å²) in [6.45, 7) is 0. The molecule has 3 aromatic rings. The SMILES string of the molecule is Clc1nccn2c(C3Cc4ccccc4O3)nnc12. The van der Waals surface area contributed by atoms with E-state index in [9.17, 15) is 0 Å². The van der Waals surface area contributed by atoms with E-state index in [0.29, 0.717) is 10.8 Å². The van der Waals surface area contributed by atoms with Crippen LogP contribution in [-0.4, -0.2) is 19.6 Å². The Morgan fingerprint density at radius 2 is 2.16 bits per heavy atom. The van der Waals surface area contributed by atoms with Crippen molar-refractivity contribution in [3.63, 3.8) is 0 Å². The van der Waals surface area contributed by atoms with Crippen molar-refractivity contribution in [2.24, 2.45) is 0 Å². The lowest BCUT2D eigenvalue weighted by molar-refractivity contribution is 0.226. The maximum atomic E-state index is 5.99. The van der Waals surface area contributed by atoms with Crippen LogP contribution in [-0.2, 0) is 6.42 Å². The van der Waals surface area contributed by atoms with Crippen LogP contribution in [0.3, 0.4) is 0 Å². The first-order valence-corrected chi connectivity index (χ1v) is 6.30. The van der Waals surface area contributed by atoms with Crippen molar-refractivity contribution in [1.82, 2.24) is 19.6 Å². The van der Waals surface area contributed by atoms with E-state index in [4.69, 9.17) is 16.3 Å². The highest BCUT2D eigenvalue weighted by Gasteiger charge is 2.28. The zero-order valence-electron chi connectivity index (χ0n) is 9.82. The van der Waals surface area contributed by atoms with Gasteiger partial charge < -0.3 is 4.74 Å². The minimum atomic E-state index is -0.133. The van der Waals surface area contributed by atoms with E-state index in [0.717, 1.165) is 18.0 Å². The minimum absolute atomic E-state index is 0.133. The van der Waals surface area contributed by atoms with E-state index in [2.05, 4.69) is 21.2 Å². The van der Waals surface area contributed by atoms with Gasteiger partial charge in [0, 0.05) is 18.8 Å². The number of hydrogen-bond acceptors (Lipinski definition) is 4. The van der Waals surface area contributed by atoms with E-state index in [1.54, 1.807) is 12.4 Å². The molecule has 3 heterocycles. The molecule has 0 amide bonds. The second kappa shape index (κ2) is 3.93. The third-order valence-electron chi connectivity index (χ3n) is 3.25. The van der Waals surface area contributed by atoms with Gasteiger partial charge in [0.1, 0.15) is 5.75 Å². The molecule has 0 fully saturated rings. The van der Waals surface area contributed by atoms with Gasteiger partial charge >= 0.3 is 0 Å². The predicted octanol–water partition coefficient (Wildman–Crippen LogP) is 2.45. The molecule has 4 rings (SSSR count). The third kappa shape index (κ3) is 1.58. The van der Waals surface area contributed by atoms with E-state index in [1.807, 2.05) is 22.6 Å². The molecule has 2 aromatic heterocycles. The van der Waals surface area contributed by atoms with E-state index >= 15 is 0 Å².